The van der Waals surface area contributed by atoms with Crippen molar-refractivity contribution in [3.8, 4) is 0 Å². The highest BCUT2D eigenvalue weighted by atomic mass is 32.1. The molecule has 0 fully saturated rings. The standard InChI is InChI=1S/C13H16N2O2S2/c1-3-6-17-13(16)15-7-10(5-4-9(15)2)11-8-19-12(18)14-11/h3,5,8-9H,1,4,6-7H2,2H3,(H,14,18)/t9-/m0/s1. The summed E-state index contributed by atoms with van der Waals surface area (Å²) >= 11 is 6.58. The van der Waals surface area contributed by atoms with Gasteiger partial charge in [-0.1, -0.05) is 18.7 Å². The highest BCUT2D eigenvalue weighted by Crippen LogP contribution is 2.25. The van der Waals surface area contributed by atoms with E-state index in [1.165, 1.54) is 11.3 Å². The minimum Gasteiger partial charge on any atom is -0.445 e. The Bertz CT molecular complexity index is 559. The lowest BCUT2D eigenvalue weighted by molar-refractivity contribution is 0.103. The molecule has 0 spiro atoms. The summed E-state index contributed by atoms with van der Waals surface area (Å²) in [5.41, 5.74) is 2.07. The Labute approximate surface area is 121 Å². The van der Waals surface area contributed by atoms with E-state index in [9.17, 15) is 4.79 Å². The van der Waals surface area contributed by atoms with E-state index in [1.807, 2.05) is 12.3 Å². The molecule has 2 rings (SSSR count). The van der Waals surface area contributed by atoms with Crippen molar-refractivity contribution in [2.24, 2.45) is 0 Å². The van der Waals surface area contributed by atoms with Gasteiger partial charge in [0.25, 0.3) is 0 Å². The van der Waals surface area contributed by atoms with Crippen LogP contribution in [0.15, 0.2) is 24.1 Å². The average Bonchev–Trinajstić information content (AvgIpc) is 2.83. The Morgan fingerprint density at radius 2 is 2.58 bits per heavy atom. The van der Waals surface area contributed by atoms with Gasteiger partial charge in [0.15, 0.2) is 3.95 Å². The molecular weight excluding hydrogens is 280 g/mol. The summed E-state index contributed by atoms with van der Waals surface area (Å²) in [7, 11) is 0. The molecular formula is C13H16N2O2S2. The van der Waals surface area contributed by atoms with E-state index >= 15 is 0 Å². The van der Waals surface area contributed by atoms with Crippen LogP contribution in [-0.2, 0) is 4.74 Å². The molecule has 102 valence electrons. The van der Waals surface area contributed by atoms with E-state index in [0.29, 0.717) is 6.54 Å². The molecule has 1 aromatic rings. The van der Waals surface area contributed by atoms with E-state index < -0.39 is 0 Å². The monoisotopic (exact) mass is 296 g/mol. The van der Waals surface area contributed by atoms with E-state index in [4.69, 9.17) is 17.0 Å². The molecule has 0 saturated carbocycles. The number of H-pyrrole nitrogens is 1. The lowest BCUT2D eigenvalue weighted by atomic mass is 10.0. The van der Waals surface area contributed by atoms with Gasteiger partial charge >= 0.3 is 6.09 Å². The van der Waals surface area contributed by atoms with Crippen molar-refractivity contribution in [2.45, 2.75) is 19.4 Å². The maximum atomic E-state index is 12.0. The first kappa shape index (κ1) is 14.0. The van der Waals surface area contributed by atoms with E-state index in [1.54, 1.807) is 11.0 Å². The molecule has 1 aliphatic rings. The van der Waals surface area contributed by atoms with Crippen LogP contribution in [0.25, 0.3) is 5.57 Å². The zero-order valence-corrected chi connectivity index (χ0v) is 12.4. The van der Waals surface area contributed by atoms with Crippen molar-refractivity contribution in [3.63, 3.8) is 0 Å². The third-order valence-electron chi connectivity index (χ3n) is 3.00. The zero-order chi connectivity index (χ0) is 13.8. The third-order valence-corrected chi connectivity index (χ3v) is 4.06. The number of hydrogen-bond acceptors (Lipinski definition) is 4. The second-order valence-electron chi connectivity index (χ2n) is 4.37. The van der Waals surface area contributed by atoms with Crippen LogP contribution in [0, 0.1) is 3.95 Å². The summed E-state index contributed by atoms with van der Waals surface area (Å²) in [6.45, 7) is 6.33. The van der Waals surface area contributed by atoms with Crippen LogP contribution in [0.4, 0.5) is 4.79 Å². The summed E-state index contributed by atoms with van der Waals surface area (Å²) in [6.07, 6.45) is 4.23. The second kappa shape index (κ2) is 6.16. The van der Waals surface area contributed by atoms with Crippen LogP contribution < -0.4 is 0 Å². The number of aromatic nitrogens is 1. The molecule has 1 amide bonds. The molecule has 4 nitrogen and oxygen atoms in total. The summed E-state index contributed by atoms with van der Waals surface area (Å²) in [4.78, 5) is 16.8. The molecule has 0 aliphatic carbocycles. The van der Waals surface area contributed by atoms with Gasteiger partial charge in [0.05, 0.1) is 12.2 Å². The molecule has 1 aromatic heterocycles. The van der Waals surface area contributed by atoms with Crippen molar-refractivity contribution in [1.29, 1.82) is 0 Å². The minimum atomic E-state index is -0.299. The van der Waals surface area contributed by atoms with Crippen LogP contribution in [-0.4, -0.2) is 35.2 Å². The van der Waals surface area contributed by atoms with E-state index in [2.05, 4.69) is 17.6 Å². The number of nitrogens with one attached hydrogen (secondary N) is 1. The van der Waals surface area contributed by atoms with Crippen molar-refractivity contribution in [2.75, 3.05) is 13.2 Å². The van der Waals surface area contributed by atoms with Gasteiger partial charge in [0.2, 0.25) is 0 Å². The number of nitrogens with zero attached hydrogens (tertiary/aromatic N) is 1. The number of carbonyl (C=O) groups excluding carboxylic acids is 1. The summed E-state index contributed by atoms with van der Waals surface area (Å²) in [6, 6.07) is 0.141. The predicted molar refractivity (Wildman–Crippen MR) is 79.8 cm³/mol. The number of amides is 1. The number of carbonyl (C=O) groups is 1. The van der Waals surface area contributed by atoms with Crippen molar-refractivity contribution >= 4 is 35.2 Å². The summed E-state index contributed by atoms with van der Waals surface area (Å²) < 4.78 is 5.85. The highest BCUT2D eigenvalue weighted by Gasteiger charge is 2.26. The molecule has 0 radical (unpaired) electrons. The number of ether oxygens (including phenoxy) is 1. The number of hydrogen-bond donors (Lipinski definition) is 1. The van der Waals surface area contributed by atoms with Gasteiger partial charge in [-0.25, -0.2) is 4.79 Å². The molecule has 0 saturated heterocycles. The van der Waals surface area contributed by atoms with Crippen LogP contribution in [0.3, 0.4) is 0 Å². The predicted octanol–water partition coefficient (Wildman–Crippen LogP) is 3.61. The highest BCUT2D eigenvalue weighted by molar-refractivity contribution is 7.73. The molecule has 0 aromatic carbocycles. The van der Waals surface area contributed by atoms with Crippen LogP contribution in [0.2, 0.25) is 0 Å². The fourth-order valence-corrected chi connectivity index (χ4v) is 2.79. The van der Waals surface area contributed by atoms with Crippen molar-refractivity contribution in [1.82, 2.24) is 9.88 Å². The number of aromatic amines is 1. The Kier molecular flexibility index (Phi) is 4.55. The van der Waals surface area contributed by atoms with Gasteiger partial charge in [-0.3, -0.25) is 0 Å². The lowest BCUT2D eigenvalue weighted by Crippen LogP contribution is -2.42. The first-order chi connectivity index (χ1) is 9.11. The Balaban J connectivity index is 2.12. The molecule has 0 bridgehead atoms. The lowest BCUT2D eigenvalue weighted by Gasteiger charge is -2.32. The van der Waals surface area contributed by atoms with Crippen LogP contribution in [0.1, 0.15) is 19.0 Å². The maximum Gasteiger partial charge on any atom is 0.410 e. The summed E-state index contributed by atoms with van der Waals surface area (Å²) in [5, 5.41) is 1.98. The van der Waals surface area contributed by atoms with Gasteiger partial charge in [0, 0.05) is 11.4 Å². The van der Waals surface area contributed by atoms with Crippen LogP contribution >= 0.6 is 23.6 Å². The average molecular weight is 296 g/mol. The molecule has 1 aliphatic heterocycles. The van der Waals surface area contributed by atoms with E-state index in [0.717, 1.165) is 21.6 Å². The zero-order valence-electron chi connectivity index (χ0n) is 10.7. The Hall–Kier alpha value is -1.40. The quantitative estimate of drug-likeness (QED) is 0.684. The first-order valence-electron chi connectivity index (χ1n) is 6.03. The summed E-state index contributed by atoms with van der Waals surface area (Å²) in [5.74, 6) is 0. The maximum absolute atomic E-state index is 12.0. The Morgan fingerprint density at radius 1 is 1.79 bits per heavy atom. The van der Waals surface area contributed by atoms with E-state index in [-0.39, 0.29) is 18.7 Å². The minimum absolute atomic E-state index is 0.141. The van der Waals surface area contributed by atoms with Gasteiger partial charge in [-0.15, -0.1) is 11.3 Å². The largest absolute Gasteiger partial charge is 0.445 e. The fraction of sp³-hybridized carbons (Fsp3) is 0.385. The molecule has 2 heterocycles. The molecule has 1 atom stereocenters. The normalized spacial score (nSPS) is 18.9. The topological polar surface area (TPSA) is 45.3 Å². The molecule has 1 N–H and O–H groups in total. The van der Waals surface area contributed by atoms with Gasteiger partial charge < -0.3 is 14.6 Å². The SMILES string of the molecule is C=CCOC(=O)N1CC(c2csc(=S)[nH]2)=CC[C@@H]1C. The number of thiazole rings is 1. The van der Waals surface area contributed by atoms with Gasteiger partial charge in [-0.2, -0.15) is 0 Å². The second-order valence-corrected chi connectivity index (χ2v) is 5.92. The van der Waals surface area contributed by atoms with Gasteiger partial charge in [0.1, 0.15) is 6.61 Å². The number of rotatable bonds is 3. The smallest absolute Gasteiger partial charge is 0.410 e. The molecule has 19 heavy (non-hydrogen) atoms. The van der Waals surface area contributed by atoms with Crippen molar-refractivity contribution < 1.29 is 9.53 Å². The Morgan fingerprint density at radius 3 is 3.21 bits per heavy atom. The first-order valence-corrected chi connectivity index (χ1v) is 7.32. The van der Waals surface area contributed by atoms with Crippen molar-refractivity contribution in [3.05, 3.63) is 33.8 Å². The van der Waals surface area contributed by atoms with Crippen LogP contribution in [0.5, 0.6) is 0 Å². The van der Waals surface area contributed by atoms with Gasteiger partial charge in [-0.05, 0) is 31.1 Å². The molecule has 6 heteroatoms. The fourth-order valence-electron chi connectivity index (χ4n) is 1.93. The third kappa shape index (κ3) is 3.33. The molecule has 0 unspecified atom stereocenters.